The van der Waals surface area contributed by atoms with Crippen molar-refractivity contribution in [3.8, 4) is 28.7 Å². The minimum absolute atomic E-state index is 0.106. The number of hydrogen-bond acceptors (Lipinski definition) is 10. The maximum Gasteiger partial charge on any atom is 0.158 e. The van der Waals surface area contributed by atoms with Crippen LogP contribution in [0, 0.1) is 6.92 Å². The van der Waals surface area contributed by atoms with E-state index in [1.807, 2.05) is 31.2 Å². The van der Waals surface area contributed by atoms with E-state index in [9.17, 15) is 30.6 Å². The highest BCUT2D eigenvalue weighted by molar-refractivity contribution is 7.97. The number of phenols is 5. The van der Waals surface area contributed by atoms with Gasteiger partial charge in [-0.3, -0.25) is 0 Å². The second-order valence-electron chi connectivity index (χ2n) is 14.1. The molecule has 0 aliphatic heterocycles. The summed E-state index contributed by atoms with van der Waals surface area (Å²) < 4.78 is 4.32. The van der Waals surface area contributed by atoms with Crippen LogP contribution in [-0.4, -0.2) is 58.9 Å². The van der Waals surface area contributed by atoms with Gasteiger partial charge in [0.05, 0.1) is 16.1 Å². The summed E-state index contributed by atoms with van der Waals surface area (Å²) in [5, 5.41) is 59.5. The topological polar surface area (TPSA) is 128 Å². The highest BCUT2D eigenvalue weighted by Crippen LogP contribution is 2.37. The molecule has 0 aromatic heterocycles. The van der Waals surface area contributed by atoms with Crippen molar-refractivity contribution in [2.75, 3.05) is 19.6 Å². The van der Waals surface area contributed by atoms with Crippen LogP contribution in [0.25, 0.3) is 0 Å². The SMILES string of the molecule is CCCCCCCCN(CC(O)c1ccc(C)cc1)Sc1ccc(O)c(O)c1.CCCCCCCCN(Cc1cc(Cl)c(O)c(Cl)c1)Sc1ccc(O)c(O)c1. The summed E-state index contributed by atoms with van der Waals surface area (Å²) in [5.74, 6) is -0.620. The Morgan fingerprint density at radius 2 is 1.00 bits per heavy atom. The summed E-state index contributed by atoms with van der Waals surface area (Å²) in [6, 6.07) is 21.0. The van der Waals surface area contributed by atoms with Gasteiger partial charge in [0.25, 0.3) is 0 Å². The molecule has 8 nitrogen and oxygen atoms in total. The Kier molecular flexibility index (Phi) is 22.1. The summed E-state index contributed by atoms with van der Waals surface area (Å²) >= 11 is 15.1. The number of aryl methyl sites for hydroxylation is 1. The molecule has 0 amide bonds. The predicted octanol–water partition coefficient (Wildman–Crippen LogP) is 12.8. The number of aliphatic hydroxyl groups is 1. The highest BCUT2D eigenvalue weighted by atomic mass is 35.5. The van der Waals surface area contributed by atoms with Crippen molar-refractivity contribution >= 4 is 47.1 Å². The number of phenolic OH excluding ortho intramolecular Hbond substituents is 5. The van der Waals surface area contributed by atoms with Gasteiger partial charge in [0.15, 0.2) is 28.7 Å². The van der Waals surface area contributed by atoms with E-state index in [4.69, 9.17) is 23.2 Å². The average Bonchev–Trinajstić information content (AvgIpc) is 3.16. The van der Waals surface area contributed by atoms with E-state index in [-0.39, 0.29) is 38.8 Å². The number of unbranched alkanes of at least 4 members (excludes halogenated alkanes) is 10. The van der Waals surface area contributed by atoms with Gasteiger partial charge >= 0.3 is 0 Å². The van der Waals surface area contributed by atoms with Gasteiger partial charge in [-0.1, -0.05) is 131 Å². The number of aliphatic hydroxyl groups excluding tert-OH is 1. The summed E-state index contributed by atoms with van der Waals surface area (Å²) in [5.41, 5.74) is 2.98. The number of aromatic hydroxyl groups is 5. The van der Waals surface area contributed by atoms with Crippen LogP contribution in [0.1, 0.15) is 114 Å². The maximum atomic E-state index is 10.7. The average molecular weight is 848 g/mol. The van der Waals surface area contributed by atoms with Crippen molar-refractivity contribution in [2.24, 2.45) is 0 Å². The first-order valence-electron chi connectivity index (χ1n) is 19.7. The zero-order chi connectivity index (χ0) is 40.9. The molecule has 12 heteroatoms. The molecule has 1 atom stereocenters. The van der Waals surface area contributed by atoms with E-state index in [0.29, 0.717) is 13.1 Å². The lowest BCUT2D eigenvalue weighted by Crippen LogP contribution is -2.23. The standard InChI is InChI=1S/C23H33NO3S.C21H27Cl2NO3S/c1-3-4-5-6-7-8-15-24(28-20-13-14-21(25)22(26)16-20)17-23(27)19-11-9-18(2)10-12-19;1-2-3-4-5-6-7-10-24(28-16-8-9-19(25)20(26)13-16)14-15-11-17(22)21(27)18(23)12-15/h9-14,16,23,25-27H,3-8,15,17H2,1-2H3;8-9,11-13,25-27H,2-7,10,14H2,1H3. The maximum absolute atomic E-state index is 10.7. The van der Waals surface area contributed by atoms with Crippen molar-refractivity contribution in [1.29, 1.82) is 0 Å². The van der Waals surface area contributed by atoms with E-state index in [2.05, 4.69) is 22.5 Å². The van der Waals surface area contributed by atoms with Crippen LogP contribution < -0.4 is 0 Å². The zero-order valence-corrected chi connectivity index (χ0v) is 36.1. The van der Waals surface area contributed by atoms with Gasteiger partial charge in [-0.15, -0.1) is 0 Å². The fourth-order valence-corrected chi connectivity index (χ4v) is 8.47. The lowest BCUT2D eigenvalue weighted by atomic mass is 10.1. The van der Waals surface area contributed by atoms with Crippen molar-refractivity contribution in [1.82, 2.24) is 8.61 Å². The molecule has 4 aromatic rings. The van der Waals surface area contributed by atoms with Crippen LogP contribution >= 0.6 is 47.1 Å². The molecule has 0 saturated heterocycles. The third-order valence-corrected chi connectivity index (χ3v) is 11.8. The lowest BCUT2D eigenvalue weighted by Gasteiger charge is -2.24. The number of nitrogens with zero attached hydrogens (tertiary/aromatic N) is 2. The van der Waals surface area contributed by atoms with Crippen LogP contribution in [0.15, 0.2) is 82.6 Å². The minimum atomic E-state index is -0.570. The quantitative estimate of drug-likeness (QED) is 0.0244. The van der Waals surface area contributed by atoms with Gasteiger partial charge in [-0.25, -0.2) is 8.61 Å². The Morgan fingerprint density at radius 1 is 0.554 bits per heavy atom. The van der Waals surface area contributed by atoms with Crippen LogP contribution in [0.3, 0.4) is 0 Å². The fraction of sp³-hybridized carbons (Fsp3) is 0.455. The van der Waals surface area contributed by atoms with Gasteiger partial charge in [-0.2, -0.15) is 0 Å². The van der Waals surface area contributed by atoms with Crippen LogP contribution in [-0.2, 0) is 6.54 Å². The monoisotopic (exact) mass is 846 g/mol. The number of hydrogen-bond donors (Lipinski definition) is 6. The van der Waals surface area contributed by atoms with Gasteiger partial charge in [0.2, 0.25) is 0 Å². The largest absolute Gasteiger partial charge is 0.505 e. The Morgan fingerprint density at radius 3 is 1.48 bits per heavy atom. The summed E-state index contributed by atoms with van der Waals surface area (Å²) in [6.45, 7) is 9.27. The number of rotatable bonds is 23. The first-order valence-corrected chi connectivity index (χ1v) is 22.0. The molecule has 0 aliphatic rings. The molecule has 308 valence electrons. The summed E-state index contributed by atoms with van der Waals surface area (Å²) in [6.07, 6.45) is 13.9. The van der Waals surface area contributed by atoms with Crippen LogP contribution in [0.5, 0.6) is 28.7 Å². The van der Waals surface area contributed by atoms with E-state index >= 15 is 0 Å². The molecular formula is C44H60Cl2N2O6S2. The van der Waals surface area contributed by atoms with Gasteiger partial charge in [0, 0.05) is 36.0 Å². The lowest BCUT2D eigenvalue weighted by molar-refractivity contribution is 0.151. The molecule has 0 radical (unpaired) electrons. The summed E-state index contributed by atoms with van der Waals surface area (Å²) in [4.78, 5) is 1.68. The molecule has 1 unspecified atom stereocenters. The molecule has 0 aliphatic carbocycles. The molecule has 0 spiro atoms. The third kappa shape index (κ3) is 17.7. The smallest absolute Gasteiger partial charge is 0.158 e. The van der Waals surface area contributed by atoms with Gasteiger partial charge in [-0.05, 0) is 103 Å². The van der Waals surface area contributed by atoms with E-state index < -0.39 is 6.10 Å². The Balaban J connectivity index is 0.000000300. The fourth-order valence-electron chi connectivity index (χ4n) is 5.89. The molecule has 0 saturated carbocycles. The summed E-state index contributed by atoms with van der Waals surface area (Å²) in [7, 11) is 0. The molecule has 0 heterocycles. The highest BCUT2D eigenvalue weighted by Gasteiger charge is 2.17. The third-order valence-electron chi connectivity index (χ3n) is 9.16. The van der Waals surface area contributed by atoms with Crippen molar-refractivity contribution in [3.63, 3.8) is 0 Å². The van der Waals surface area contributed by atoms with Gasteiger partial charge < -0.3 is 30.6 Å². The Hall–Kier alpha value is -2.96. The molecule has 4 rings (SSSR count). The molecule has 56 heavy (non-hydrogen) atoms. The predicted molar refractivity (Wildman–Crippen MR) is 234 cm³/mol. The van der Waals surface area contributed by atoms with E-state index in [0.717, 1.165) is 53.3 Å². The Bertz CT molecular complexity index is 1710. The Labute approximate surface area is 352 Å². The second-order valence-corrected chi connectivity index (χ2v) is 17.3. The first kappa shape index (κ1) is 47.4. The van der Waals surface area contributed by atoms with E-state index in [1.54, 1.807) is 36.4 Å². The minimum Gasteiger partial charge on any atom is -0.505 e. The van der Waals surface area contributed by atoms with Crippen molar-refractivity contribution in [2.45, 2.75) is 120 Å². The van der Waals surface area contributed by atoms with Crippen LogP contribution in [0.4, 0.5) is 0 Å². The molecular weight excluding hydrogens is 788 g/mol. The number of benzene rings is 4. The molecule has 0 fully saturated rings. The normalized spacial score (nSPS) is 11.9. The van der Waals surface area contributed by atoms with Crippen LogP contribution in [0.2, 0.25) is 10.0 Å². The van der Waals surface area contributed by atoms with Crippen molar-refractivity contribution in [3.05, 3.63) is 99.5 Å². The molecule has 0 bridgehead atoms. The van der Waals surface area contributed by atoms with Crippen molar-refractivity contribution < 1.29 is 30.6 Å². The van der Waals surface area contributed by atoms with Gasteiger partial charge in [0.1, 0.15) is 0 Å². The van der Waals surface area contributed by atoms with E-state index in [1.165, 1.54) is 99.4 Å². The molecule has 6 N–H and O–H groups in total. The zero-order valence-electron chi connectivity index (χ0n) is 33.0. The molecule has 4 aromatic carbocycles. The first-order chi connectivity index (χ1) is 26.9. The number of halogens is 2. The second kappa shape index (κ2) is 26.1.